The fourth-order valence-corrected chi connectivity index (χ4v) is 4.22. The summed E-state index contributed by atoms with van der Waals surface area (Å²) in [6.45, 7) is 6.38. The number of hydrogen-bond donors (Lipinski definition) is 1. The van der Waals surface area contributed by atoms with Crippen LogP contribution < -0.4 is 5.73 Å². The summed E-state index contributed by atoms with van der Waals surface area (Å²) in [6.07, 6.45) is 10.8. The Morgan fingerprint density at radius 1 is 0.944 bits per heavy atom. The third kappa shape index (κ3) is 2.89. The molecule has 0 bridgehead atoms. The average molecular weight is 251 g/mol. The maximum Gasteiger partial charge on any atom is 0.0283 e. The summed E-state index contributed by atoms with van der Waals surface area (Å²) in [5, 5.41) is 0. The number of nitrogens with zero attached hydrogens (tertiary/aromatic N) is 2. The third-order valence-electron chi connectivity index (χ3n) is 5.29. The first-order valence-electron chi connectivity index (χ1n) is 8.01. The minimum Gasteiger partial charge on any atom is -0.324 e. The van der Waals surface area contributed by atoms with Crippen molar-refractivity contribution in [3.8, 4) is 0 Å². The van der Waals surface area contributed by atoms with E-state index in [1.165, 1.54) is 77.5 Å². The molecule has 0 aromatic heterocycles. The molecule has 1 unspecified atom stereocenters. The smallest absolute Gasteiger partial charge is 0.0283 e. The molecule has 3 heteroatoms. The van der Waals surface area contributed by atoms with Crippen LogP contribution in [-0.2, 0) is 0 Å². The van der Waals surface area contributed by atoms with E-state index in [1.807, 2.05) is 0 Å². The van der Waals surface area contributed by atoms with Crippen molar-refractivity contribution in [3.05, 3.63) is 0 Å². The number of hydrogen-bond acceptors (Lipinski definition) is 3. The first kappa shape index (κ1) is 12.9. The number of likely N-dealkylation sites (tertiary alicyclic amines) is 2. The first-order valence-corrected chi connectivity index (χ1v) is 8.01. The van der Waals surface area contributed by atoms with Gasteiger partial charge in [0.05, 0.1) is 0 Å². The maximum absolute atomic E-state index is 6.58. The van der Waals surface area contributed by atoms with Crippen LogP contribution in [0.15, 0.2) is 0 Å². The van der Waals surface area contributed by atoms with Crippen molar-refractivity contribution < 1.29 is 0 Å². The van der Waals surface area contributed by atoms with E-state index < -0.39 is 0 Å². The van der Waals surface area contributed by atoms with Gasteiger partial charge in [-0.1, -0.05) is 19.3 Å². The molecule has 0 amide bonds. The molecule has 0 aromatic rings. The largest absolute Gasteiger partial charge is 0.324 e. The second kappa shape index (κ2) is 5.48. The van der Waals surface area contributed by atoms with E-state index in [9.17, 15) is 0 Å². The van der Waals surface area contributed by atoms with Gasteiger partial charge in [0.15, 0.2) is 0 Å². The predicted octanol–water partition coefficient (Wildman–Crippen LogP) is 1.82. The van der Waals surface area contributed by atoms with E-state index in [1.54, 1.807) is 0 Å². The fraction of sp³-hybridized carbons (Fsp3) is 1.00. The van der Waals surface area contributed by atoms with Gasteiger partial charge in [-0.05, 0) is 51.7 Å². The lowest BCUT2D eigenvalue weighted by molar-refractivity contribution is 0.179. The van der Waals surface area contributed by atoms with Crippen molar-refractivity contribution in [2.24, 2.45) is 5.73 Å². The molecule has 2 saturated heterocycles. The van der Waals surface area contributed by atoms with Gasteiger partial charge in [0.1, 0.15) is 0 Å². The Hall–Kier alpha value is -0.120. The molecule has 3 fully saturated rings. The minimum atomic E-state index is 0.137. The summed E-state index contributed by atoms with van der Waals surface area (Å²) in [5.41, 5.74) is 6.72. The topological polar surface area (TPSA) is 32.5 Å². The maximum atomic E-state index is 6.58. The van der Waals surface area contributed by atoms with Gasteiger partial charge in [-0.15, -0.1) is 0 Å². The van der Waals surface area contributed by atoms with Gasteiger partial charge < -0.3 is 5.73 Å². The van der Waals surface area contributed by atoms with E-state index in [0.717, 1.165) is 12.6 Å². The van der Waals surface area contributed by atoms with E-state index in [-0.39, 0.29) is 5.54 Å². The second-order valence-electron chi connectivity index (χ2n) is 6.84. The Balaban J connectivity index is 1.49. The van der Waals surface area contributed by atoms with Crippen LogP contribution in [-0.4, -0.2) is 54.1 Å². The monoisotopic (exact) mass is 251 g/mol. The second-order valence-corrected chi connectivity index (χ2v) is 6.84. The highest BCUT2D eigenvalue weighted by molar-refractivity contribution is 4.94. The van der Waals surface area contributed by atoms with Crippen molar-refractivity contribution in [3.63, 3.8) is 0 Å². The quantitative estimate of drug-likeness (QED) is 0.830. The lowest BCUT2D eigenvalue weighted by Crippen LogP contribution is -2.51. The Morgan fingerprint density at radius 3 is 2.39 bits per heavy atom. The zero-order valence-corrected chi connectivity index (χ0v) is 11.7. The summed E-state index contributed by atoms with van der Waals surface area (Å²) in [7, 11) is 0. The van der Waals surface area contributed by atoms with E-state index in [2.05, 4.69) is 9.80 Å². The fourth-order valence-electron chi connectivity index (χ4n) is 4.22. The molecular formula is C15H29N3. The Morgan fingerprint density at radius 2 is 1.67 bits per heavy atom. The molecule has 3 rings (SSSR count). The summed E-state index contributed by atoms with van der Waals surface area (Å²) >= 11 is 0. The molecule has 0 spiro atoms. The molecule has 1 atom stereocenters. The van der Waals surface area contributed by atoms with E-state index >= 15 is 0 Å². The van der Waals surface area contributed by atoms with Gasteiger partial charge in [-0.2, -0.15) is 0 Å². The van der Waals surface area contributed by atoms with Crippen molar-refractivity contribution in [2.45, 2.75) is 62.9 Å². The van der Waals surface area contributed by atoms with Crippen LogP contribution in [0.3, 0.4) is 0 Å². The van der Waals surface area contributed by atoms with Crippen molar-refractivity contribution in [2.75, 3.05) is 32.7 Å². The van der Waals surface area contributed by atoms with Crippen molar-refractivity contribution >= 4 is 0 Å². The van der Waals surface area contributed by atoms with Gasteiger partial charge >= 0.3 is 0 Å². The van der Waals surface area contributed by atoms with Crippen LogP contribution in [0.25, 0.3) is 0 Å². The molecule has 0 radical (unpaired) electrons. The highest BCUT2D eigenvalue weighted by atomic mass is 15.3. The SMILES string of the molecule is NC1(CN2CCC(N3CCCC3)C2)CCCCC1. The predicted molar refractivity (Wildman–Crippen MR) is 75.7 cm³/mol. The molecule has 1 saturated carbocycles. The van der Waals surface area contributed by atoms with E-state index in [4.69, 9.17) is 5.73 Å². The zero-order chi connectivity index (χ0) is 12.4. The molecule has 2 N–H and O–H groups in total. The first-order chi connectivity index (χ1) is 8.75. The van der Waals surface area contributed by atoms with Gasteiger partial charge in [0, 0.05) is 24.7 Å². The Labute approximate surface area is 112 Å². The van der Waals surface area contributed by atoms with Crippen molar-refractivity contribution in [1.82, 2.24) is 9.80 Å². The van der Waals surface area contributed by atoms with Crippen LogP contribution in [0, 0.1) is 0 Å². The van der Waals surface area contributed by atoms with Crippen LogP contribution in [0.5, 0.6) is 0 Å². The normalized spacial score (nSPS) is 34.2. The third-order valence-corrected chi connectivity index (χ3v) is 5.29. The molecule has 18 heavy (non-hydrogen) atoms. The summed E-state index contributed by atoms with van der Waals surface area (Å²) < 4.78 is 0. The van der Waals surface area contributed by atoms with Crippen LogP contribution in [0.4, 0.5) is 0 Å². The van der Waals surface area contributed by atoms with Gasteiger partial charge in [0.25, 0.3) is 0 Å². The van der Waals surface area contributed by atoms with E-state index in [0.29, 0.717) is 0 Å². The summed E-state index contributed by atoms with van der Waals surface area (Å²) in [5.74, 6) is 0. The average Bonchev–Trinajstić information content (AvgIpc) is 2.99. The molecule has 2 heterocycles. The molecule has 2 aliphatic heterocycles. The molecule has 3 nitrogen and oxygen atoms in total. The van der Waals surface area contributed by atoms with Gasteiger partial charge in [0.2, 0.25) is 0 Å². The Kier molecular flexibility index (Phi) is 3.92. The molecule has 0 aromatic carbocycles. The highest BCUT2D eigenvalue weighted by Crippen LogP contribution is 2.29. The summed E-state index contributed by atoms with van der Waals surface area (Å²) in [4.78, 5) is 5.36. The molecule has 3 aliphatic rings. The van der Waals surface area contributed by atoms with Crippen LogP contribution >= 0.6 is 0 Å². The lowest BCUT2D eigenvalue weighted by Gasteiger charge is -2.37. The molecular weight excluding hydrogens is 222 g/mol. The van der Waals surface area contributed by atoms with Crippen LogP contribution in [0.2, 0.25) is 0 Å². The lowest BCUT2D eigenvalue weighted by atomic mass is 9.82. The highest BCUT2D eigenvalue weighted by Gasteiger charge is 2.34. The molecule has 1 aliphatic carbocycles. The number of nitrogens with two attached hydrogens (primary N) is 1. The summed E-state index contributed by atoms with van der Waals surface area (Å²) in [6, 6.07) is 0.833. The molecule has 104 valence electrons. The van der Waals surface area contributed by atoms with Crippen LogP contribution in [0.1, 0.15) is 51.4 Å². The van der Waals surface area contributed by atoms with Gasteiger partial charge in [-0.3, -0.25) is 9.80 Å². The van der Waals surface area contributed by atoms with Gasteiger partial charge in [-0.25, -0.2) is 0 Å². The zero-order valence-electron chi connectivity index (χ0n) is 11.7. The minimum absolute atomic E-state index is 0.137. The van der Waals surface area contributed by atoms with Crippen molar-refractivity contribution in [1.29, 1.82) is 0 Å². The standard InChI is InChI=1S/C15H29N3/c16-15(7-2-1-3-8-15)13-17-11-6-14(12-17)18-9-4-5-10-18/h14H,1-13,16H2. The Bertz CT molecular complexity index is 267. The number of rotatable bonds is 3.